The maximum Gasteiger partial charge on any atom is 0.145 e. The molecule has 1 aliphatic rings. The van der Waals surface area contributed by atoms with Gasteiger partial charge in [0.05, 0.1) is 30.3 Å². The monoisotopic (exact) mass is 354 g/mol. The van der Waals surface area contributed by atoms with Gasteiger partial charge in [0.15, 0.2) is 0 Å². The first kappa shape index (κ1) is 15.5. The van der Waals surface area contributed by atoms with Gasteiger partial charge in [-0.15, -0.1) is 0 Å². The van der Waals surface area contributed by atoms with Crippen LogP contribution in [0.1, 0.15) is 5.82 Å². The zero-order valence-electron chi connectivity index (χ0n) is 13.4. The topological polar surface area (TPSA) is 85.2 Å². The Bertz CT molecular complexity index is 1020. The van der Waals surface area contributed by atoms with Crippen LogP contribution in [0.3, 0.4) is 0 Å². The molecule has 0 saturated heterocycles. The van der Waals surface area contributed by atoms with Crippen LogP contribution in [0.15, 0.2) is 48.2 Å². The summed E-state index contributed by atoms with van der Waals surface area (Å²) in [7, 11) is 1.60. The third-order valence-corrected chi connectivity index (χ3v) is 4.38. The number of aromatic nitrogens is 2. The van der Waals surface area contributed by atoms with Crippen LogP contribution in [0.4, 0.5) is 5.69 Å². The molecule has 0 aliphatic carbocycles. The number of hydrogen-bond donors (Lipinski definition) is 3. The largest absolute Gasteiger partial charge is 0.509 e. The molecule has 3 aromatic rings. The number of imidazole rings is 1. The van der Waals surface area contributed by atoms with E-state index in [0.717, 1.165) is 16.7 Å². The van der Waals surface area contributed by atoms with Crippen molar-refractivity contribution in [3.05, 3.63) is 59.1 Å². The Balaban J connectivity index is 1.73. The fraction of sp³-hybridized carbons (Fsp3) is 0.111. The SMILES string of the molecule is COc1ccc2nc(C3=C(O)CN(c4cccc(Cl)c4)C3=N)[nH]c2c1. The summed E-state index contributed by atoms with van der Waals surface area (Å²) in [4.78, 5) is 9.33. The first-order chi connectivity index (χ1) is 12.1. The molecule has 1 aromatic heterocycles. The second-order valence-electron chi connectivity index (χ2n) is 5.70. The lowest BCUT2D eigenvalue weighted by molar-refractivity contribution is 0.411. The van der Waals surface area contributed by atoms with E-state index < -0.39 is 0 Å². The van der Waals surface area contributed by atoms with E-state index in [1.54, 1.807) is 24.1 Å². The van der Waals surface area contributed by atoms with E-state index in [4.69, 9.17) is 21.7 Å². The second kappa shape index (κ2) is 5.82. The fourth-order valence-electron chi connectivity index (χ4n) is 2.93. The summed E-state index contributed by atoms with van der Waals surface area (Å²) in [6.45, 7) is 0.203. The molecule has 25 heavy (non-hydrogen) atoms. The number of hydrogen-bond acceptors (Lipinski definition) is 4. The van der Waals surface area contributed by atoms with Crippen molar-refractivity contribution in [2.24, 2.45) is 0 Å². The van der Waals surface area contributed by atoms with Crippen LogP contribution in [0.25, 0.3) is 16.6 Å². The Hall–Kier alpha value is -2.99. The lowest BCUT2D eigenvalue weighted by atomic mass is 10.2. The van der Waals surface area contributed by atoms with Crippen molar-refractivity contribution in [2.45, 2.75) is 0 Å². The number of methoxy groups -OCH3 is 1. The van der Waals surface area contributed by atoms with Crippen LogP contribution in [-0.4, -0.2) is 34.6 Å². The van der Waals surface area contributed by atoms with Gasteiger partial charge in [0.25, 0.3) is 0 Å². The van der Waals surface area contributed by atoms with Crippen LogP contribution in [-0.2, 0) is 0 Å². The number of halogens is 1. The van der Waals surface area contributed by atoms with Crippen molar-refractivity contribution in [3.8, 4) is 5.75 Å². The number of aromatic amines is 1. The molecule has 0 bridgehead atoms. The minimum atomic E-state index is 0.0935. The number of aliphatic hydroxyl groups excluding tert-OH is 1. The van der Waals surface area contributed by atoms with Crippen LogP contribution in [0.5, 0.6) is 5.75 Å². The molecule has 0 spiro atoms. The number of nitrogens with one attached hydrogen (secondary N) is 2. The van der Waals surface area contributed by atoms with Gasteiger partial charge >= 0.3 is 0 Å². The van der Waals surface area contributed by atoms with E-state index in [-0.39, 0.29) is 18.1 Å². The van der Waals surface area contributed by atoms with Gasteiger partial charge in [-0.2, -0.15) is 0 Å². The standard InChI is InChI=1S/C18H15ClN4O2/c1-25-12-5-6-13-14(8-12)22-18(21-13)16-15(24)9-23(17(16)20)11-4-2-3-10(19)7-11/h2-8,20,24H,9H2,1H3,(H,21,22). The Labute approximate surface area is 148 Å². The van der Waals surface area contributed by atoms with Crippen LogP contribution >= 0.6 is 11.6 Å². The molecule has 4 rings (SSSR count). The fourth-order valence-corrected chi connectivity index (χ4v) is 3.11. The first-order valence-corrected chi connectivity index (χ1v) is 8.03. The predicted octanol–water partition coefficient (Wildman–Crippen LogP) is 3.99. The molecule has 0 atom stereocenters. The van der Waals surface area contributed by atoms with E-state index in [9.17, 15) is 5.11 Å². The molecule has 126 valence electrons. The normalized spacial score (nSPS) is 14.6. The van der Waals surface area contributed by atoms with E-state index in [1.807, 2.05) is 30.3 Å². The number of H-pyrrole nitrogens is 1. The van der Waals surface area contributed by atoms with Crippen molar-refractivity contribution in [3.63, 3.8) is 0 Å². The van der Waals surface area contributed by atoms with Crippen molar-refractivity contribution >= 4 is 39.7 Å². The van der Waals surface area contributed by atoms with Crippen molar-refractivity contribution in [2.75, 3.05) is 18.6 Å². The second-order valence-corrected chi connectivity index (χ2v) is 6.14. The molecular formula is C18H15ClN4O2. The summed E-state index contributed by atoms with van der Waals surface area (Å²) in [6.07, 6.45) is 0. The summed E-state index contributed by atoms with van der Waals surface area (Å²) in [5.74, 6) is 1.43. The zero-order valence-corrected chi connectivity index (χ0v) is 14.1. The van der Waals surface area contributed by atoms with Crippen molar-refractivity contribution in [1.29, 1.82) is 5.41 Å². The molecule has 0 fully saturated rings. The molecule has 0 radical (unpaired) electrons. The van der Waals surface area contributed by atoms with Gasteiger partial charge < -0.3 is 19.7 Å². The first-order valence-electron chi connectivity index (χ1n) is 7.65. The highest BCUT2D eigenvalue weighted by molar-refractivity contribution is 6.32. The van der Waals surface area contributed by atoms with Crippen LogP contribution < -0.4 is 9.64 Å². The minimum Gasteiger partial charge on any atom is -0.509 e. The van der Waals surface area contributed by atoms with Gasteiger partial charge in [-0.05, 0) is 30.3 Å². The zero-order chi connectivity index (χ0) is 17.6. The number of aliphatic hydroxyl groups is 1. The Morgan fingerprint density at radius 1 is 1.28 bits per heavy atom. The Morgan fingerprint density at radius 2 is 2.12 bits per heavy atom. The maximum absolute atomic E-state index is 10.4. The Kier molecular flexibility index (Phi) is 3.62. The van der Waals surface area contributed by atoms with Gasteiger partial charge in [0.1, 0.15) is 23.2 Å². The molecule has 0 amide bonds. The van der Waals surface area contributed by atoms with Gasteiger partial charge in [-0.1, -0.05) is 17.7 Å². The summed E-state index contributed by atoms with van der Waals surface area (Å²) in [5.41, 5.74) is 2.65. The average molecular weight is 355 g/mol. The number of nitrogens with zero attached hydrogens (tertiary/aromatic N) is 2. The molecule has 3 N–H and O–H groups in total. The molecule has 2 aromatic carbocycles. The number of benzene rings is 2. The summed E-state index contributed by atoms with van der Waals surface area (Å²) >= 11 is 6.04. The van der Waals surface area contributed by atoms with Gasteiger partial charge in [0.2, 0.25) is 0 Å². The van der Waals surface area contributed by atoms with E-state index in [0.29, 0.717) is 22.2 Å². The highest BCUT2D eigenvalue weighted by Gasteiger charge is 2.31. The lowest BCUT2D eigenvalue weighted by Gasteiger charge is -2.18. The minimum absolute atomic E-state index is 0.0935. The number of anilines is 1. The van der Waals surface area contributed by atoms with Gasteiger partial charge in [0, 0.05) is 16.8 Å². The molecule has 2 heterocycles. The van der Waals surface area contributed by atoms with Crippen LogP contribution in [0.2, 0.25) is 5.02 Å². The molecule has 0 saturated carbocycles. The summed E-state index contributed by atoms with van der Waals surface area (Å²) < 4.78 is 5.21. The molecular weight excluding hydrogens is 340 g/mol. The smallest absolute Gasteiger partial charge is 0.145 e. The average Bonchev–Trinajstić information content (AvgIpc) is 3.14. The molecule has 1 aliphatic heterocycles. The summed E-state index contributed by atoms with van der Waals surface area (Å²) in [6, 6.07) is 12.7. The van der Waals surface area contributed by atoms with Crippen LogP contribution in [0, 0.1) is 5.41 Å². The third kappa shape index (κ3) is 2.60. The Morgan fingerprint density at radius 3 is 2.88 bits per heavy atom. The van der Waals surface area contributed by atoms with E-state index in [2.05, 4.69) is 9.97 Å². The molecule has 6 nitrogen and oxygen atoms in total. The number of amidine groups is 1. The van der Waals surface area contributed by atoms with Crippen molar-refractivity contribution < 1.29 is 9.84 Å². The van der Waals surface area contributed by atoms with Gasteiger partial charge in [-0.3, -0.25) is 5.41 Å². The predicted molar refractivity (Wildman–Crippen MR) is 98.7 cm³/mol. The van der Waals surface area contributed by atoms with E-state index >= 15 is 0 Å². The molecule has 7 heteroatoms. The highest BCUT2D eigenvalue weighted by Crippen LogP contribution is 2.32. The number of rotatable bonds is 3. The molecule has 0 unspecified atom stereocenters. The number of ether oxygens (including phenoxy) is 1. The highest BCUT2D eigenvalue weighted by atomic mass is 35.5. The number of fused-ring (bicyclic) bond motifs is 1. The quantitative estimate of drug-likeness (QED) is 0.663. The van der Waals surface area contributed by atoms with E-state index in [1.165, 1.54) is 0 Å². The lowest BCUT2D eigenvalue weighted by Crippen LogP contribution is -2.26. The third-order valence-electron chi connectivity index (χ3n) is 4.15. The maximum atomic E-state index is 10.4. The summed E-state index contributed by atoms with van der Waals surface area (Å²) in [5, 5.41) is 19.5. The van der Waals surface area contributed by atoms with Crippen molar-refractivity contribution in [1.82, 2.24) is 9.97 Å². The van der Waals surface area contributed by atoms with Gasteiger partial charge in [-0.25, -0.2) is 4.98 Å².